The van der Waals surface area contributed by atoms with Gasteiger partial charge >= 0.3 is 0 Å². The van der Waals surface area contributed by atoms with Crippen LogP contribution in [-0.2, 0) is 11.2 Å². The lowest BCUT2D eigenvalue weighted by atomic mass is 9.86. The van der Waals surface area contributed by atoms with Gasteiger partial charge in [0.05, 0.1) is 11.6 Å². The number of aliphatic hydroxyl groups is 1. The molecule has 1 aromatic carbocycles. The van der Waals surface area contributed by atoms with Gasteiger partial charge in [-0.3, -0.25) is 4.79 Å². The van der Waals surface area contributed by atoms with Crippen molar-refractivity contribution < 1.29 is 9.90 Å². The largest absolute Gasteiger partial charge is 0.396 e. The standard InChI is InChI=1S/C21H29ClN6O2/c1-2-16-18(23)25-13-26-19(16)28-10-8-21(24,9-11-28)20(30)27-17(7-12-29)14-3-5-15(22)6-4-14/h3-6,13,17,29H,2,7-12,24H2,1H3,(H,27,30)(H2,23,25,26). The second-order valence-corrected chi connectivity index (χ2v) is 8.08. The van der Waals surface area contributed by atoms with E-state index in [1.54, 1.807) is 12.1 Å². The minimum atomic E-state index is -0.985. The van der Waals surface area contributed by atoms with Crippen LogP contribution in [-0.4, -0.2) is 46.2 Å². The number of piperidine rings is 1. The van der Waals surface area contributed by atoms with Gasteiger partial charge in [-0.25, -0.2) is 9.97 Å². The number of nitrogens with two attached hydrogens (primary N) is 2. The molecule has 0 radical (unpaired) electrons. The van der Waals surface area contributed by atoms with Crippen molar-refractivity contribution in [2.75, 3.05) is 30.3 Å². The van der Waals surface area contributed by atoms with Crippen LogP contribution in [0.2, 0.25) is 5.02 Å². The van der Waals surface area contributed by atoms with Crippen LogP contribution in [0.4, 0.5) is 11.6 Å². The van der Waals surface area contributed by atoms with Gasteiger partial charge in [-0.2, -0.15) is 0 Å². The zero-order valence-electron chi connectivity index (χ0n) is 17.1. The van der Waals surface area contributed by atoms with Crippen LogP contribution >= 0.6 is 11.6 Å². The normalized spacial score (nSPS) is 16.9. The van der Waals surface area contributed by atoms with E-state index in [1.165, 1.54) is 6.33 Å². The van der Waals surface area contributed by atoms with Crippen molar-refractivity contribution in [1.29, 1.82) is 0 Å². The maximum atomic E-state index is 13.1. The van der Waals surface area contributed by atoms with E-state index in [4.69, 9.17) is 23.1 Å². The van der Waals surface area contributed by atoms with Gasteiger partial charge in [0.25, 0.3) is 0 Å². The zero-order valence-corrected chi connectivity index (χ0v) is 17.9. The van der Waals surface area contributed by atoms with Crippen molar-refractivity contribution in [3.05, 3.63) is 46.7 Å². The highest BCUT2D eigenvalue weighted by atomic mass is 35.5. The number of nitrogens with zero attached hydrogens (tertiary/aromatic N) is 3. The predicted octanol–water partition coefficient (Wildman–Crippen LogP) is 1.81. The van der Waals surface area contributed by atoms with E-state index in [-0.39, 0.29) is 18.6 Å². The number of carbonyl (C=O) groups is 1. The number of nitrogens with one attached hydrogen (secondary N) is 1. The molecule has 9 heteroatoms. The SMILES string of the molecule is CCc1c(N)ncnc1N1CCC(N)(C(=O)NC(CCO)c2ccc(Cl)cc2)CC1. The molecule has 1 aromatic heterocycles. The molecule has 2 heterocycles. The second-order valence-electron chi connectivity index (χ2n) is 7.65. The van der Waals surface area contributed by atoms with Gasteiger partial charge in [-0.15, -0.1) is 0 Å². The molecule has 0 bridgehead atoms. The minimum Gasteiger partial charge on any atom is -0.396 e. The number of hydrogen-bond donors (Lipinski definition) is 4. The van der Waals surface area contributed by atoms with E-state index in [9.17, 15) is 9.90 Å². The number of benzene rings is 1. The molecule has 1 aliphatic rings. The Bertz CT molecular complexity index is 868. The molecule has 1 fully saturated rings. The molecule has 1 atom stereocenters. The van der Waals surface area contributed by atoms with Gasteiger partial charge in [0, 0.05) is 30.3 Å². The Kier molecular flexibility index (Phi) is 7.12. The van der Waals surface area contributed by atoms with E-state index >= 15 is 0 Å². The summed E-state index contributed by atoms with van der Waals surface area (Å²) in [7, 11) is 0. The van der Waals surface area contributed by atoms with Gasteiger partial charge < -0.3 is 26.8 Å². The van der Waals surface area contributed by atoms with Crippen molar-refractivity contribution in [2.24, 2.45) is 5.73 Å². The highest BCUT2D eigenvalue weighted by molar-refractivity contribution is 6.30. The third-order valence-electron chi connectivity index (χ3n) is 5.71. The first kappa shape index (κ1) is 22.3. The van der Waals surface area contributed by atoms with Crippen molar-refractivity contribution in [3.8, 4) is 0 Å². The maximum Gasteiger partial charge on any atom is 0.240 e. The van der Waals surface area contributed by atoms with Gasteiger partial charge in [-0.05, 0) is 43.4 Å². The number of anilines is 2. The minimum absolute atomic E-state index is 0.0478. The van der Waals surface area contributed by atoms with E-state index in [0.29, 0.717) is 43.2 Å². The second kappa shape index (κ2) is 9.59. The Morgan fingerprint density at radius 2 is 1.97 bits per heavy atom. The van der Waals surface area contributed by atoms with Crippen LogP contribution in [0.3, 0.4) is 0 Å². The maximum absolute atomic E-state index is 13.1. The Morgan fingerprint density at radius 1 is 1.30 bits per heavy atom. The highest BCUT2D eigenvalue weighted by Gasteiger charge is 2.39. The van der Waals surface area contributed by atoms with Gasteiger partial charge in [0.2, 0.25) is 5.91 Å². The Balaban J connectivity index is 1.68. The summed E-state index contributed by atoms with van der Waals surface area (Å²) in [5, 5.41) is 13.1. The van der Waals surface area contributed by atoms with E-state index in [1.807, 2.05) is 19.1 Å². The summed E-state index contributed by atoms with van der Waals surface area (Å²) < 4.78 is 0. The van der Waals surface area contributed by atoms with Gasteiger partial charge in [0.1, 0.15) is 18.0 Å². The summed E-state index contributed by atoms with van der Waals surface area (Å²) in [5.74, 6) is 1.08. The topological polar surface area (TPSA) is 130 Å². The monoisotopic (exact) mass is 432 g/mol. The molecule has 0 spiro atoms. The number of nitrogen functional groups attached to an aromatic ring is 1. The summed E-state index contributed by atoms with van der Waals surface area (Å²) in [6.45, 7) is 3.16. The molecule has 6 N–H and O–H groups in total. The summed E-state index contributed by atoms with van der Waals surface area (Å²) in [6, 6.07) is 6.90. The number of carbonyl (C=O) groups excluding carboxylic acids is 1. The van der Waals surface area contributed by atoms with Crippen molar-refractivity contribution in [2.45, 2.75) is 44.2 Å². The molecule has 1 amide bonds. The fraction of sp³-hybridized carbons (Fsp3) is 0.476. The molecular formula is C21H29ClN6O2. The van der Waals surface area contributed by atoms with Crippen LogP contribution in [0, 0.1) is 0 Å². The number of rotatable bonds is 7. The summed E-state index contributed by atoms with van der Waals surface area (Å²) >= 11 is 5.96. The number of halogens is 1. The predicted molar refractivity (Wildman–Crippen MR) is 118 cm³/mol. The van der Waals surface area contributed by atoms with Crippen LogP contribution in [0.25, 0.3) is 0 Å². The van der Waals surface area contributed by atoms with Gasteiger partial charge in [-0.1, -0.05) is 30.7 Å². The lowest BCUT2D eigenvalue weighted by Gasteiger charge is -2.39. The third kappa shape index (κ3) is 4.83. The van der Waals surface area contributed by atoms with Crippen molar-refractivity contribution in [1.82, 2.24) is 15.3 Å². The van der Waals surface area contributed by atoms with E-state index in [0.717, 1.165) is 23.4 Å². The first-order valence-corrected chi connectivity index (χ1v) is 10.6. The molecule has 1 unspecified atom stereocenters. The Hall–Kier alpha value is -2.42. The lowest BCUT2D eigenvalue weighted by Crippen LogP contribution is -2.60. The average molecular weight is 433 g/mol. The molecule has 8 nitrogen and oxygen atoms in total. The number of amides is 1. The van der Waals surface area contributed by atoms with Crippen LogP contribution in [0.1, 0.15) is 43.4 Å². The first-order chi connectivity index (χ1) is 14.4. The van der Waals surface area contributed by atoms with E-state index < -0.39 is 5.54 Å². The molecule has 0 aliphatic carbocycles. The summed E-state index contributed by atoms with van der Waals surface area (Å²) in [5.41, 5.74) is 13.3. The molecular weight excluding hydrogens is 404 g/mol. The fourth-order valence-electron chi connectivity index (χ4n) is 3.82. The molecule has 3 rings (SSSR count). The average Bonchev–Trinajstić information content (AvgIpc) is 2.74. The van der Waals surface area contributed by atoms with Gasteiger partial charge in [0.15, 0.2) is 0 Å². The molecule has 30 heavy (non-hydrogen) atoms. The smallest absolute Gasteiger partial charge is 0.240 e. The van der Waals surface area contributed by atoms with E-state index in [2.05, 4.69) is 20.2 Å². The molecule has 0 saturated carbocycles. The molecule has 1 saturated heterocycles. The number of aromatic nitrogens is 2. The first-order valence-electron chi connectivity index (χ1n) is 10.2. The lowest BCUT2D eigenvalue weighted by molar-refractivity contribution is -0.128. The molecule has 2 aromatic rings. The van der Waals surface area contributed by atoms with Crippen LogP contribution in [0.5, 0.6) is 0 Å². The quantitative estimate of drug-likeness (QED) is 0.524. The summed E-state index contributed by atoms with van der Waals surface area (Å²) in [6.07, 6.45) is 3.56. The fourth-order valence-corrected chi connectivity index (χ4v) is 3.95. The number of hydrogen-bond acceptors (Lipinski definition) is 7. The van der Waals surface area contributed by atoms with Crippen molar-refractivity contribution >= 4 is 29.1 Å². The van der Waals surface area contributed by atoms with Crippen LogP contribution in [0.15, 0.2) is 30.6 Å². The molecule has 1 aliphatic heterocycles. The highest BCUT2D eigenvalue weighted by Crippen LogP contribution is 2.29. The third-order valence-corrected chi connectivity index (χ3v) is 5.96. The summed E-state index contributed by atoms with van der Waals surface area (Å²) in [4.78, 5) is 23.6. The Labute approximate surface area is 181 Å². The Morgan fingerprint density at radius 3 is 2.57 bits per heavy atom. The molecule has 162 valence electrons. The van der Waals surface area contributed by atoms with Crippen LogP contribution < -0.4 is 21.7 Å². The zero-order chi connectivity index (χ0) is 21.7. The number of aliphatic hydroxyl groups excluding tert-OH is 1. The van der Waals surface area contributed by atoms with Crippen molar-refractivity contribution in [3.63, 3.8) is 0 Å².